The molecule has 0 aliphatic carbocycles. The summed E-state index contributed by atoms with van der Waals surface area (Å²) in [6.07, 6.45) is 1.29. The summed E-state index contributed by atoms with van der Waals surface area (Å²) in [5, 5.41) is 14.8. The van der Waals surface area contributed by atoms with Gasteiger partial charge in [0.15, 0.2) is 5.82 Å². The minimum atomic E-state index is 0.437. The maximum absolute atomic E-state index is 5.59. The lowest BCUT2D eigenvalue weighted by molar-refractivity contribution is 0.405. The van der Waals surface area contributed by atoms with Gasteiger partial charge in [0.05, 0.1) is 18.7 Å². The van der Waals surface area contributed by atoms with Crippen molar-refractivity contribution in [3.8, 4) is 11.5 Å². The van der Waals surface area contributed by atoms with Gasteiger partial charge in [0.2, 0.25) is 18.2 Å². The summed E-state index contributed by atoms with van der Waals surface area (Å²) in [4.78, 5) is 3.90. The van der Waals surface area contributed by atoms with E-state index >= 15 is 0 Å². The summed E-state index contributed by atoms with van der Waals surface area (Å²) in [5.74, 6) is 1.56. The fraction of sp³-hybridized carbons (Fsp3) is 0.167. The standard InChI is InChI=1S/C12H10BrN5O2/c13-9-4-2-1-3-8(9)12-17-16-11(20-12)6-14-5-10-15-7-19-18-10/h1-4,7,14H,5-6H2. The average molecular weight is 336 g/mol. The topological polar surface area (TPSA) is 89.9 Å². The second-order valence-electron chi connectivity index (χ2n) is 3.93. The molecule has 3 rings (SSSR count). The van der Waals surface area contributed by atoms with E-state index in [0.717, 1.165) is 10.0 Å². The van der Waals surface area contributed by atoms with Crippen LogP contribution in [0.2, 0.25) is 0 Å². The lowest BCUT2D eigenvalue weighted by Gasteiger charge is -1.98. The molecule has 2 aromatic heterocycles. The minimum absolute atomic E-state index is 0.437. The van der Waals surface area contributed by atoms with Crippen molar-refractivity contribution in [2.24, 2.45) is 0 Å². The van der Waals surface area contributed by atoms with Crippen LogP contribution >= 0.6 is 15.9 Å². The predicted octanol–water partition coefficient (Wildman–Crippen LogP) is 2.17. The lowest BCUT2D eigenvalue weighted by atomic mass is 10.2. The highest BCUT2D eigenvalue weighted by Crippen LogP contribution is 2.26. The zero-order valence-electron chi connectivity index (χ0n) is 10.3. The maximum atomic E-state index is 5.59. The third-order valence-electron chi connectivity index (χ3n) is 2.54. The molecule has 20 heavy (non-hydrogen) atoms. The van der Waals surface area contributed by atoms with Gasteiger partial charge in [0.1, 0.15) is 0 Å². The molecule has 0 fully saturated rings. The van der Waals surface area contributed by atoms with E-state index in [1.54, 1.807) is 0 Å². The first kappa shape index (κ1) is 12.9. The van der Waals surface area contributed by atoms with Gasteiger partial charge in [0.25, 0.3) is 0 Å². The van der Waals surface area contributed by atoms with E-state index < -0.39 is 0 Å². The van der Waals surface area contributed by atoms with E-state index in [2.05, 4.69) is 46.1 Å². The van der Waals surface area contributed by atoms with Crippen LogP contribution in [0, 0.1) is 0 Å². The van der Waals surface area contributed by atoms with Crippen LogP contribution < -0.4 is 5.32 Å². The molecule has 0 aliphatic rings. The number of benzene rings is 1. The fourth-order valence-corrected chi connectivity index (χ4v) is 2.07. The predicted molar refractivity (Wildman–Crippen MR) is 72.3 cm³/mol. The fourth-order valence-electron chi connectivity index (χ4n) is 1.62. The van der Waals surface area contributed by atoms with Crippen molar-refractivity contribution in [3.63, 3.8) is 0 Å². The number of aromatic nitrogens is 4. The van der Waals surface area contributed by atoms with Crippen molar-refractivity contribution in [1.82, 2.24) is 25.7 Å². The van der Waals surface area contributed by atoms with Gasteiger partial charge < -0.3 is 14.3 Å². The molecule has 0 amide bonds. The highest BCUT2D eigenvalue weighted by Gasteiger charge is 2.11. The molecule has 1 N–H and O–H groups in total. The van der Waals surface area contributed by atoms with Gasteiger partial charge in [-0.1, -0.05) is 17.3 Å². The zero-order chi connectivity index (χ0) is 13.8. The van der Waals surface area contributed by atoms with Crippen LogP contribution in [-0.4, -0.2) is 20.3 Å². The number of halogens is 1. The molecule has 2 heterocycles. The Kier molecular flexibility index (Phi) is 3.84. The van der Waals surface area contributed by atoms with Crippen LogP contribution in [-0.2, 0) is 13.1 Å². The van der Waals surface area contributed by atoms with Crippen LogP contribution in [0.3, 0.4) is 0 Å². The third-order valence-corrected chi connectivity index (χ3v) is 3.23. The maximum Gasteiger partial charge on any atom is 0.248 e. The van der Waals surface area contributed by atoms with Crippen LogP contribution in [0.25, 0.3) is 11.5 Å². The molecule has 0 radical (unpaired) electrons. The normalized spacial score (nSPS) is 10.8. The zero-order valence-corrected chi connectivity index (χ0v) is 11.9. The Labute approximate surface area is 122 Å². The highest BCUT2D eigenvalue weighted by molar-refractivity contribution is 9.10. The van der Waals surface area contributed by atoms with E-state index in [4.69, 9.17) is 4.42 Å². The summed E-state index contributed by atoms with van der Waals surface area (Å²) in [6.45, 7) is 0.912. The molecule has 0 unspecified atom stereocenters. The van der Waals surface area contributed by atoms with Gasteiger partial charge in [0, 0.05) is 4.47 Å². The number of hydrogen-bond acceptors (Lipinski definition) is 7. The lowest BCUT2D eigenvalue weighted by Crippen LogP contribution is -2.13. The van der Waals surface area contributed by atoms with Crippen molar-refractivity contribution >= 4 is 15.9 Å². The van der Waals surface area contributed by atoms with Crippen molar-refractivity contribution in [1.29, 1.82) is 0 Å². The van der Waals surface area contributed by atoms with E-state index in [1.165, 1.54) is 6.39 Å². The van der Waals surface area contributed by atoms with Crippen molar-refractivity contribution in [2.45, 2.75) is 13.1 Å². The van der Waals surface area contributed by atoms with E-state index in [9.17, 15) is 0 Å². The second-order valence-corrected chi connectivity index (χ2v) is 4.79. The molecule has 3 aromatic rings. The van der Waals surface area contributed by atoms with Crippen molar-refractivity contribution in [2.75, 3.05) is 0 Å². The first-order valence-electron chi connectivity index (χ1n) is 5.86. The smallest absolute Gasteiger partial charge is 0.248 e. The number of nitrogens with one attached hydrogen (secondary N) is 1. The van der Waals surface area contributed by atoms with Crippen molar-refractivity contribution in [3.05, 3.63) is 46.8 Å². The minimum Gasteiger partial charge on any atom is -0.419 e. The molecule has 8 heteroatoms. The summed E-state index contributed by atoms with van der Waals surface area (Å²) in [7, 11) is 0. The van der Waals surface area contributed by atoms with Gasteiger partial charge in [-0.25, -0.2) is 0 Å². The Morgan fingerprint density at radius 3 is 2.85 bits per heavy atom. The molecule has 0 spiro atoms. The average Bonchev–Trinajstić information content (AvgIpc) is 3.11. The molecule has 1 aromatic carbocycles. The molecular formula is C12H10BrN5O2. The molecule has 0 saturated carbocycles. The molecule has 7 nitrogen and oxygen atoms in total. The highest BCUT2D eigenvalue weighted by atomic mass is 79.9. The summed E-state index contributed by atoms with van der Waals surface area (Å²) in [5.41, 5.74) is 0.865. The van der Waals surface area contributed by atoms with Gasteiger partial charge in [-0.3, -0.25) is 0 Å². The van der Waals surface area contributed by atoms with Crippen molar-refractivity contribution < 1.29 is 8.94 Å². The van der Waals surface area contributed by atoms with Crippen LogP contribution in [0.5, 0.6) is 0 Å². The summed E-state index contributed by atoms with van der Waals surface area (Å²) >= 11 is 3.45. The van der Waals surface area contributed by atoms with E-state index in [1.807, 2.05) is 24.3 Å². The Morgan fingerprint density at radius 1 is 1.15 bits per heavy atom. The third kappa shape index (κ3) is 2.91. The van der Waals surface area contributed by atoms with Gasteiger partial charge in [-0.2, -0.15) is 4.98 Å². The molecule has 0 bridgehead atoms. The molecule has 0 aliphatic heterocycles. The number of hydrogen-bond donors (Lipinski definition) is 1. The first-order chi connectivity index (χ1) is 9.83. The Balaban J connectivity index is 1.64. The number of nitrogens with zero attached hydrogens (tertiary/aromatic N) is 4. The first-order valence-corrected chi connectivity index (χ1v) is 6.65. The SMILES string of the molecule is Brc1ccccc1-c1nnc(CNCc2ncon2)o1. The van der Waals surface area contributed by atoms with Crippen LogP contribution in [0.4, 0.5) is 0 Å². The molecule has 0 atom stereocenters. The van der Waals surface area contributed by atoms with Gasteiger partial charge in [-0.05, 0) is 28.1 Å². The number of rotatable bonds is 5. The van der Waals surface area contributed by atoms with E-state index in [-0.39, 0.29) is 0 Å². The summed E-state index contributed by atoms with van der Waals surface area (Å²) < 4.78 is 11.1. The Hall–Kier alpha value is -2.06. The summed E-state index contributed by atoms with van der Waals surface area (Å²) in [6, 6.07) is 7.68. The molecule has 102 valence electrons. The van der Waals surface area contributed by atoms with Gasteiger partial charge in [-0.15, -0.1) is 10.2 Å². The monoisotopic (exact) mass is 335 g/mol. The van der Waals surface area contributed by atoms with Gasteiger partial charge >= 0.3 is 0 Å². The quantitative estimate of drug-likeness (QED) is 0.764. The van der Waals surface area contributed by atoms with Crippen LogP contribution in [0.15, 0.2) is 44.1 Å². The second kappa shape index (κ2) is 5.93. The molecular weight excluding hydrogens is 326 g/mol. The Morgan fingerprint density at radius 2 is 2.05 bits per heavy atom. The van der Waals surface area contributed by atoms with Crippen LogP contribution in [0.1, 0.15) is 11.7 Å². The van der Waals surface area contributed by atoms with E-state index in [0.29, 0.717) is 30.7 Å². The molecule has 0 saturated heterocycles. The largest absolute Gasteiger partial charge is 0.419 e. The Bertz CT molecular complexity index is 683.